The number of aliphatic carboxylic acids is 3. The fourth-order valence-corrected chi connectivity index (χ4v) is 1.35. The molecule has 0 saturated carbocycles. The number of hydrogen-bond donors (Lipinski definition) is 3. The van der Waals surface area contributed by atoms with E-state index in [2.05, 4.69) is 5.92 Å². The minimum absolute atomic E-state index is 0.0359. The average molecular weight is 280 g/mol. The second-order valence-electron chi connectivity index (χ2n) is 4.22. The quantitative estimate of drug-likeness (QED) is 0.661. The average Bonchev–Trinajstić information content (AvgIpc) is 2.37. The summed E-state index contributed by atoms with van der Waals surface area (Å²) in [5, 5.41) is 25.4. The van der Waals surface area contributed by atoms with Crippen molar-refractivity contribution >= 4 is 17.9 Å². The predicted octanol–water partition coefficient (Wildman–Crippen LogP) is 1.53. The maximum atomic E-state index is 10.8. The van der Waals surface area contributed by atoms with E-state index in [-0.39, 0.29) is 12.0 Å². The van der Waals surface area contributed by atoms with Crippen molar-refractivity contribution in [1.29, 1.82) is 0 Å². The first-order chi connectivity index (χ1) is 9.23. The number of carboxylic acid groups (broad SMARTS) is 3. The standard InChI is InChI=1S/C9H10O4.C5H6O2/c1-9(8(12)13)4-2-3-6(5-9)7(10)11;1-2-3-4-5(6)7/h2-4H,5H2,1H3,(H,10,11)(H,12,13);2H2,1H3,(H,6,7). The molecule has 3 N–H and O–H groups in total. The van der Waals surface area contributed by atoms with Gasteiger partial charge in [0.25, 0.3) is 0 Å². The SMILES string of the molecule is CC1(C(=O)O)C=CC=C(C(=O)O)C1.CCC#CC(=O)O. The van der Waals surface area contributed by atoms with Crippen LogP contribution in [0.1, 0.15) is 26.7 Å². The first kappa shape index (κ1) is 17.4. The van der Waals surface area contributed by atoms with Crippen molar-refractivity contribution < 1.29 is 29.7 Å². The minimum atomic E-state index is -1.08. The number of carboxylic acids is 3. The normalized spacial score (nSPS) is 19.6. The number of rotatable bonds is 2. The zero-order valence-corrected chi connectivity index (χ0v) is 11.2. The van der Waals surface area contributed by atoms with E-state index in [4.69, 9.17) is 15.3 Å². The van der Waals surface area contributed by atoms with Crippen LogP contribution in [0, 0.1) is 17.3 Å². The van der Waals surface area contributed by atoms with E-state index < -0.39 is 23.3 Å². The van der Waals surface area contributed by atoms with E-state index in [9.17, 15) is 14.4 Å². The monoisotopic (exact) mass is 280 g/mol. The molecule has 108 valence electrons. The molecule has 0 aromatic heterocycles. The Morgan fingerprint density at radius 3 is 2.25 bits per heavy atom. The van der Waals surface area contributed by atoms with Crippen LogP contribution in [-0.2, 0) is 14.4 Å². The molecule has 6 heteroatoms. The molecule has 1 aliphatic rings. The van der Waals surface area contributed by atoms with Gasteiger partial charge in [-0.3, -0.25) is 4.79 Å². The Bertz CT molecular complexity index is 518. The van der Waals surface area contributed by atoms with Crippen LogP contribution in [-0.4, -0.2) is 33.2 Å². The van der Waals surface area contributed by atoms with Gasteiger partial charge in [-0.1, -0.05) is 31.1 Å². The van der Waals surface area contributed by atoms with Crippen LogP contribution in [0.25, 0.3) is 0 Å². The van der Waals surface area contributed by atoms with Gasteiger partial charge < -0.3 is 15.3 Å². The third-order valence-corrected chi connectivity index (χ3v) is 2.45. The molecule has 0 bridgehead atoms. The van der Waals surface area contributed by atoms with Crippen molar-refractivity contribution in [3.8, 4) is 11.8 Å². The van der Waals surface area contributed by atoms with Gasteiger partial charge in [0.1, 0.15) is 0 Å². The van der Waals surface area contributed by atoms with Crippen molar-refractivity contribution in [3.05, 3.63) is 23.8 Å². The second-order valence-corrected chi connectivity index (χ2v) is 4.22. The van der Waals surface area contributed by atoms with E-state index in [1.807, 2.05) is 5.92 Å². The molecule has 0 aliphatic heterocycles. The van der Waals surface area contributed by atoms with Crippen molar-refractivity contribution in [2.75, 3.05) is 0 Å². The summed E-state index contributed by atoms with van der Waals surface area (Å²) in [7, 11) is 0. The van der Waals surface area contributed by atoms with Gasteiger partial charge in [0.2, 0.25) is 0 Å². The van der Waals surface area contributed by atoms with Crippen molar-refractivity contribution in [3.63, 3.8) is 0 Å². The number of hydrogen-bond acceptors (Lipinski definition) is 3. The highest BCUT2D eigenvalue weighted by atomic mass is 16.4. The summed E-state index contributed by atoms with van der Waals surface area (Å²) in [6.07, 6.45) is 5.04. The smallest absolute Gasteiger partial charge is 0.381 e. The molecule has 1 aliphatic carbocycles. The molecular formula is C14H16O6. The highest BCUT2D eigenvalue weighted by Crippen LogP contribution is 2.31. The Hall–Kier alpha value is -2.55. The molecule has 0 heterocycles. The number of allylic oxidation sites excluding steroid dienone is 2. The van der Waals surface area contributed by atoms with Gasteiger partial charge in [0.05, 0.1) is 5.41 Å². The Morgan fingerprint density at radius 2 is 1.90 bits per heavy atom. The Morgan fingerprint density at radius 1 is 1.30 bits per heavy atom. The fraction of sp³-hybridized carbons (Fsp3) is 0.357. The van der Waals surface area contributed by atoms with Crippen molar-refractivity contribution in [1.82, 2.24) is 0 Å². The molecule has 0 spiro atoms. The van der Waals surface area contributed by atoms with Crippen LogP contribution in [0.5, 0.6) is 0 Å². The van der Waals surface area contributed by atoms with E-state index in [0.717, 1.165) is 0 Å². The zero-order chi connectivity index (χ0) is 15.8. The minimum Gasteiger partial charge on any atom is -0.481 e. The highest BCUT2D eigenvalue weighted by Gasteiger charge is 2.34. The molecule has 6 nitrogen and oxygen atoms in total. The van der Waals surface area contributed by atoms with E-state index in [1.54, 1.807) is 6.92 Å². The van der Waals surface area contributed by atoms with Crippen molar-refractivity contribution in [2.45, 2.75) is 26.7 Å². The molecule has 0 radical (unpaired) electrons. The first-order valence-electron chi connectivity index (χ1n) is 5.79. The third kappa shape index (κ3) is 5.87. The van der Waals surface area contributed by atoms with Gasteiger partial charge in [0, 0.05) is 17.9 Å². The second kappa shape index (κ2) is 7.79. The summed E-state index contributed by atoms with van der Waals surface area (Å²) in [5.74, 6) is 1.24. The molecular weight excluding hydrogens is 264 g/mol. The van der Waals surface area contributed by atoms with Crippen molar-refractivity contribution in [2.24, 2.45) is 5.41 Å². The van der Waals surface area contributed by atoms with Gasteiger partial charge in [-0.2, -0.15) is 0 Å². The molecule has 0 amide bonds. The first-order valence-corrected chi connectivity index (χ1v) is 5.79. The summed E-state index contributed by atoms with van der Waals surface area (Å²) in [4.78, 5) is 30.9. The third-order valence-electron chi connectivity index (χ3n) is 2.45. The lowest BCUT2D eigenvalue weighted by Crippen LogP contribution is -2.28. The summed E-state index contributed by atoms with van der Waals surface area (Å²) in [5.41, 5.74) is -0.949. The topological polar surface area (TPSA) is 112 Å². The maximum Gasteiger partial charge on any atom is 0.381 e. The van der Waals surface area contributed by atoms with Crippen LogP contribution in [0.2, 0.25) is 0 Å². The van der Waals surface area contributed by atoms with Gasteiger partial charge in [-0.15, -0.1) is 0 Å². The highest BCUT2D eigenvalue weighted by molar-refractivity contribution is 5.90. The lowest BCUT2D eigenvalue weighted by Gasteiger charge is -2.23. The predicted molar refractivity (Wildman–Crippen MR) is 70.9 cm³/mol. The number of carbonyl (C=O) groups is 3. The Labute approximate surface area is 116 Å². The summed E-state index contributed by atoms with van der Waals surface area (Å²) < 4.78 is 0. The summed E-state index contributed by atoms with van der Waals surface area (Å²) in [6, 6.07) is 0. The van der Waals surface area contributed by atoms with Gasteiger partial charge >= 0.3 is 17.9 Å². The van der Waals surface area contributed by atoms with E-state index in [0.29, 0.717) is 6.42 Å². The fourth-order valence-electron chi connectivity index (χ4n) is 1.35. The van der Waals surface area contributed by atoms with Gasteiger partial charge in [-0.05, 0) is 13.3 Å². The summed E-state index contributed by atoms with van der Waals surface area (Å²) >= 11 is 0. The van der Waals surface area contributed by atoms with Crippen LogP contribution in [0.15, 0.2) is 23.8 Å². The molecule has 0 saturated heterocycles. The van der Waals surface area contributed by atoms with Crippen LogP contribution < -0.4 is 0 Å². The largest absolute Gasteiger partial charge is 0.481 e. The van der Waals surface area contributed by atoms with Gasteiger partial charge in [-0.25, -0.2) is 9.59 Å². The molecule has 0 aromatic carbocycles. The molecule has 0 aromatic rings. The van der Waals surface area contributed by atoms with E-state index >= 15 is 0 Å². The van der Waals surface area contributed by atoms with Gasteiger partial charge in [0.15, 0.2) is 0 Å². The lowest BCUT2D eigenvalue weighted by molar-refractivity contribution is -0.145. The summed E-state index contributed by atoms with van der Waals surface area (Å²) in [6.45, 7) is 3.30. The van der Waals surface area contributed by atoms with Crippen LogP contribution >= 0.6 is 0 Å². The molecule has 1 rings (SSSR count). The zero-order valence-electron chi connectivity index (χ0n) is 11.2. The van der Waals surface area contributed by atoms with Crippen LogP contribution in [0.4, 0.5) is 0 Å². The Balaban J connectivity index is 0.000000441. The molecule has 0 fully saturated rings. The Kier molecular flexibility index (Phi) is 6.80. The lowest BCUT2D eigenvalue weighted by atomic mass is 9.80. The van der Waals surface area contributed by atoms with E-state index in [1.165, 1.54) is 25.2 Å². The van der Waals surface area contributed by atoms with Crippen LogP contribution in [0.3, 0.4) is 0 Å². The maximum absolute atomic E-state index is 10.8. The molecule has 1 unspecified atom stereocenters. The molecule has 20 heavy (non-hydrogen) atoms. The molecule has 1 atom stereocenters.